The third-order valence-electron chi connectivity index (χ3n) is 2.76. The van der Waals surface area contributed by atoms with Gasteiger partial charge in [0.15, 0.2) is 0 Å². The highest BCUT2D eigenvalue weighted by atomic mass is 19.4. The summed E-state index contributed by atoms with van der Waals surface area (Å²) in [7, 11) is 0. The summed E-state index contributed by atoms with van der Waals surface area (Å²) in [6, 6.07) is 5.55. The van der Waals surface area contributed by atoms with E-state index in [2.05, 4.69) is 10.4 Å². The van der Waals surface area contributed by atoms with Crippen LogP contribution in [0.5, 0.6) is 0 Å². The molecule has 0 aliphatic heterocycles. The average molecular weight is 283 g/mol. The minimum atomic E-state index is -4.44. The molecule has 0 radical (unpaired) electrons. The van der Waals surface area contributed by atoms with Crippen LogP contribution in [0.3, 0.4) is 0 Å². The molecule has 1 heterocycles. The third-order valence-corrected chi connectivity index (χ3v) is 2.76. The Labute approximate surface area is 113 Å². The minimum absolute atomic E-state index is 0.101. The van der Waals surface area contributed by atoms with Gasteiger partial charge < -0.3 is 5.32 Å². The van der Waals surface area contributed by atoms with Gasteiger partial charge in [-0.15, -0.1) is 0 Å². The van der Waals surface area contributed by atoms with Gasteiger partial charge in [-0.2, -0.15) is 18.3 Å². The lowest BCUT2D eigenvalue weighted by Crippen LogP contribution is -2.24. The first-order chi connectivity index (χ1) is 9.38. The van der Waals surface area contributed by atoms with Crippen molar-refractivity contribution in [2.24, 2.45) is 0 Å². The van der Waals surface area contributed by atoms with Crippen LogP contribution in [0.4, 0.5) is 18.9 Å². The molecule has 2 rings (SSSR count). The van der Waals surface area contributed by atoms with E-state index in [1.165, 1.54) is 23.0 Å². The van der Waals surface area contributed by atoms with E-state index in [4.69, 9.17) is 0 Å². The minimum Gasteiger partial charge on any atom is -0.324 e. The highest BCUT2D eigenvalue weighted by Crippen LogP contribution is 2.30. The molecule has 0 saturated carbocycles. The van der Waals surface area contributed by atoms with Gasteiger partial charge in [-0.3, -0.25) is 9.48 Å². The van der Waals surface area contributed by atoms with Crippen molar-refractivity contribution in [2.75, 3.05) is 5.32 Å². The van der Waals surface area contributed by atoms with Crippen LogP contribution in [0.2, 0.25) is 0 Å². The number of nitrogens with zero attached hydrogens (tertiary/aromatic N) is 2. The van der Waals surface area contributed by atoms with E-state index >= 15 is 0 Å². The second-order valence-corrected chi connectivity index (χ2v) is 4.23. The molecule has 2 aromatic rings. The normalized spacial score (nSPS) is 13.0. The van der Waals surface area contributed by atoms with Gasteiger partial charge in [-0.1, -0.05) is 6.07 Å². The average Bonchev–Trinajstić information content (AvgIpc) is 2.91. The highest BCUT2D eigenvalue weighted by molar-refractivity contribution is 5.93. The predicted molar refractivity (Wildman–Crippen MR) is 67.0 cm³/mol. The Morgan fingerprint density at radius 1 is 1.35 bits per heavy atom. The van der Waals surface area contributed by atoms with Gasteiger partial charge in [0, 0.05) is 18.1 Å². The Hall–Kier alpha value is -2.31. The molecule has 1 aromatic heterocycles. The molecule has 7 heteroatoms. The van der Waals surface area contributed by atoms with E-state index in [1.54, 1.807) is 19.2 Å². The summed E-state index contributed by atoms with van der Waals surface area (Å²) in [4.78, 5) is 11.9. The topological polar surface area (TPSA) is 46.9 Å². The number of rotatable bonds is 3. The van der Waals surface area contributed by atoms with Gasteiger partial charge in [0.2, 0.25) is 5.91 Å². The number of hydrogen-bond acceptors (Lipinski definition) is 2. The number of hydrogen-bond donors (Lipinski definition) is 1. The number of alkyl halides is 3. The lowest BCUT2D eigenvalue weighted by atomic mass is 10.2. The lowest BCUT2D eigenvalue weighted by Gasteiger charge is -2.14. The number of benzene rings is 1. The van der Waals surface area contributed by atoms with Crippen LogP contribution in [-0.2, 0) is 11.0 Å². The van der Waals surface area contributed by atoms with Crippen molar-refractivity contribution < 1.29 is 18.0 Å². The van der Waals surface area contributed by atoms with Gasteiger partial charge in [-0.25, -0.2) is 0 Å². The third kappa shape index (κ3) is 3.17. The number of carbonyl (C=O) groups is 1. The number of aromatic nitrogens is 2. The molecule has 0 fully saturated rings. The van der Waals surface area contributed by atoms with Crippen LogP contribution in [0, 0.1) is 0 Å². The van der Waals surface area contributed by atoms with Gasteiger partial charge in [0.05, 0.1) is 5.56 Å². The Balaban J connectivity index is 2.12. The van der Waals surface area contributed by atoms with Gasteiger partial charge in [0.25, 0.3) is 0 Å². The quantitative estimate of drug-likeness (QED) is 0.940. The van der Waals surface area contributed by atoms with Crippen molar-refractivity contribution in [3.05, 3.63) is 48.3 Å². The molecule has 0 spiro atoms. The van der Waals surface area contributed by atoms with Crippen molar-refractivity contribution in [1.29, 1.82) is 0 Å². The van der Waals surface area contributed by atoms with E-state index in [0.717, 1.165) is 12.1 Å². The molecule has 106 valence electrons. The Morgan fingerprint density at radius 2 is 2.10 bits per heavy atom. The van der Waals surface area contributed by atoms with Crippen molar-refractivity contribution in [3.8, 4) is 0 Å². The smallest absolute Gasteiger partial charge is 0.324 e. The Kier molecular flexibility index (Phi) is 3.78. The highest BCUT2D eigenvalue weighted by Gasteiger charge is 2.30. The van der Waals surface area contributed by atoms with Crippen LogP contribution >= 0.6 is 0 Å². The molecule has 0 aliphatic rings. The number of amides is 1. The molecular formula is C13H12F3N3O. The standard InChI is InChI=1S/C13H12F3N3O/c1-9(19-7-3-6-17-19)12(20)18-11-5-2-4-10(8-11)13(14,15)16/h2-9H,1H3,(H,18,20)/t9-/m1/s1. The van der Waals surface area contributed by atoms with Crippen molar-refractivity contribution in [2.45, 2.75) is 19.1 Å². The van der Waals surface area contributed by atoms with Crippen LogP contribution in [0.1, 0.15) is 18.5 Å². The largest absolute Gasteiger partial charge is 0.416 e. The van der Waals surface area contributed by atoms with Crippen molar-refractivity contribution in [1.82, 2.24) is 9.78 Å². The number of carbonyl (C=O) groups excluding carboxylic acids is 1. The second-order valence-electron chi connectivity index (χ2n) is 4.23. The van der Waals surface area contributed by atoms with Crippen LogP contribution in [0.25, 0.3) is 0 Å². The van der Waals surface area contributed by atoms with Crippen LogP contribution in [-0.4, -0.2) is 15.7 Å². The first-order valence-corrected chi connectivity index (χ1v) is 5.85. The number of anilines is 1. The zero-order valence-corrected chi connectivity index (χ0v) is 10.6. The van der Waals surface area contributed by atoms with Crippen LogP contribution in [0.15, 0.2) is 42.7 Å². The van der Waals surface area contributed by atoms with E-state index in [1.807, 2.05) is 0 Å². The fourth-order valence-electron chi connectivity index (χ4n) is 1.65. The van der Waals surface area contributed by atoms with Crippen LogP contribution < -0.4 is 5.32 Å². The zero-order chi connectivity index (χ0) is 14.8. The molecular weight excluding hydrogens is 271 g/mol. The molecule has 1 aromatic carbocycles. The van der Waals surface area contributed by atoms with E-state index in [-0.39, 0.29) is 5.69 Å². The molecule has 4 nitrogen and oxygen atoms in total. The summed E-state index contributed by atoms with van der Waals surface area (Å²) in [5, 5.41) is 6.35. The Bertz CT molecular complexity index is 593. The summed E-state index contributed by atoms with van der Waals surface area (Å²) in [6.07, 6.45) is -1.31. The maximum atomic E-state index is 12.6. The SMILES string of the molecule is C[C@H](C(=O)Nc1cccc(C(F)(F)F)c1)n1cccn1. The molecule has 0 aliphatic carbocycles. The second kappa shape index (κ2) is 5.36. The first kappa shape index (κ1) is 14.1. The summed E-state index contributed by atoms with van der Waals surface area (Å²) < 4.78 is 39.1. The molecule has 0 saturated heterocycles. The lowest BCUT2D eigenvalue weighted by molar-refractivity contribution is -0.137. The van der Waals surface area contributed by atoms with Gasteiger partial charge in [0.1, 0.15) is 6.04 Å². The van der Waals surface area contributed by atoms with Crippen molar-refractivity contribution in [3.63, 3.8) is 0 Å². The number of nitrogens with one attached hydrogen (secondary N) is 1. The maximum absolute atomic E-state index is 12.6. The Morgan fingerprint density at radius 3 is 2.70 bits per heavy atom. The van der Waals surface area contributed by atoms with E-state index in [9.17, 15) is 18.0 Å². The maximum Gasteiger partial charge on any atom is 0.416 e. The van der Waals surface area contributed by atoms with Gasteiger partial charge >= 0.3 is 6.18 Å². The number of halogens is 3. The zero-order valence-electron chi connectivity index (χ0n) is 10.6. The predicted octanol–water partition coefficient (Wildman–Crippen LogP) is 3.10. The monoisotopic (exact) mass is 283 g/mol. The molecule has 1 N–H and O–H groups in total. The molecule has 1 atom stereocenters. The molecule has 20 heavy (non-hydrogen) atoms. The van der Waals surface area contributed by atoms with Gasteiger partial charge in [-0.05, 0) is 31.2 Å². The first-order valence-electron chi connectivity index (χ1n) is 5.85. The fourth-order valence-corrected chi connectivity index (χ4v) is 1.65. The summed E-state index contributed by atoms with van der Waals surface area (Å²) >= 11 is 0. The summed E-state index contributed by atoms with van der Waals surface area (Å²) in [5.74, 6) is -0.437. The van der Waals surface area contributed by atoms with E-state index < -0.39 is 23.7 Å². The summed E-state index contributed by atoms with van der Waals surface area (Å²) in [6.45, 7) is 1.61. The fraction of sp³-hybridized carbons (Fsp3) is 0.231. The molecule has 1 amide bonds. The summed E-state index contributed by atoms with van der Waals surface area (Å²) in [5.41, 5.74) is -0.703. The molecule has 0 unspecified atom stereocenters. The van der Waals surface area contributed by atoms with Crippen molar-refractivity contribution >= 4 is 11.6 Å². The van der Waals surface area contributed by atoms with E-state index in [0.29, 0.717) is 0 Å². The molecule has 0 bridgehead atoms.